The molecule has 0 radical (unpaired) electrons. The molecule has 2 aromatic carbocycles. The van der Waals surface area contributed by atoms with Crippen molar-refractivity contribution in [2.75, 3.05) is 6.54 Å². The number of nitrogens with zero attached hydrogens (tertiary/aromatic N) is 3. The van der Waals surface area contributed by atoms with Crippen molar-refractivity contribution in [1.29, 1.82) is 0 Å². The highest BCUT2D eigenvalue weighted by Gasteiger charge is 2.41. The minimum atomic E-state index is -4.89. The highest BCUT2D eigenvalue weighted by atomic mass is 35.5. The van der Waals surface area contributed by atoms with Crippen LogP contribution in [0.1, 0.15) is 21.7 Å². The normalized spacial score (nSPS) is 11.5. The number of aromatic nitrogens is 3. The summed E-state index contributed by atoms with van der Waals surface area (Å²) in [7, 11) is 0. The van der Waals surface area contributed by atoms with E-state index >= 15 is 0 Å². The summed E-state index contributed by atoms with van der Waals surface area (Å²) in [6.45, 7) is 0.0984. The van der Waals surface area contributed by atoms with Gasteiger partial charge in [-0.1, -0.05) is 28.9 Å². The molecule has 0 bridgehead atoms. The Morgan fingerprint density at radius 1 is 1.07 bits per heavy atom. The number of benzene rings is 2. The molecule has 0 atom stereocenters. The van der Waals surface area contributed by atoms with Gasteiger partial charge >= 0.3 is 6.18 Å². The van der Waals surface area contributed by atoms with E-state index in [1.165, 1.54) is 0 Å². The van der Waals surface area contributed by atoms with Crippen LogP contribution in [0.3, 0.4) is 0 Å². The molecule has 0 saturated carbocycles. The number of alkyl halides is 3. The maximum Gasteiger partial charge on any atom is 0.435 e. The van der Waals surface area contributed by atoms with E-state index in [0.29, 0.717) is 16.1 Å². The molecule has 5 nitrogen and oxygen atoms in total. The third kappa shape index (κ3) is 4.48. The standard InChI is InChI=1S/C18H13ClF4N4O/c19-12-3-1-11(2-4-12)9-10-24-17(28)15-16(18(21,22)23)27(26-25-15)14-7-5-13(20)6-8-14/h1-8H,9-10H2,(H,24,28). The second-order valence-corrected chi connectivity index (χ2v) is 6.24. The lowest BCUT2D eigenvalue weighted by molar-refractivity contribution is -0.143. The molecule has 0 aliphatic rings. The Morgan fingerprint density at radius 2 is 1.71 bits per heavy atom. The van der Waals surface area contributed by atoms with Crippen molar-refractivity contribution in [1.82, 2.24) is 20.3 Å². The lowest BCUT2D eigenvalue weighted by Crippen LogP contribution is -2.29. The quantitative estimate of drug-likeness (QED) is 0.643. The molecule has 1 aromatic heterocycles. The maximum atomic E-state index is 13.5. The van der Waals surface area contributed by atoms with E-state index in [9.17, 15) is 22.4 Å². The third-order valence-electron chi connectivity index (χ3n) is 3.84. The van der Waals surface area contributed by atoms with E-state index in [-0.39, 0.29) is 12.2 Å². The fourth-order valence-electron chi connectivity index (χ4n) is 2.51. The van der Waals surface area contributed by atoms with Crippen molar-refractivity contribution in [3.63, 3.8) is 0 Å². The first-order valence-electron chi connectivity index (χ1n) is 8.07. The molecule has 1 heterocycles. The van der Waals surface area contributed by atoms with Gasteiger partial charge in [0, 0.05) is 11.6 Å². The summed E-state index contributed by atoms with van der Waals surface area (Å²) in [6.07, 6.45) is -4.49. The number of amides is 1. The zero-order chi connectivity index (χ0) is 20.3. The summed E-state index contributed by atoms with van der Waals surface area (Å²) in [5.41, 5.74) is -1.40. The molecular formula is C18H13ClF4N4O. The molecule has 1 amide bonds. The lowest BCUT2D eigenvalue weighted by atomic mass is 10.1. The van der Waals surface area contributed by atoms with Crippen molar-refractivity contribution in [3.05, 3.63) is 76.3 Å². The molecular weight excluding hydrogens is 400 g/mol. The SMILES string of the molecule is O=C(NCCc1ccc(Cl)cc1)c1nnn(-c2ccc(F)cc2)c1C(F)(F)F. The van der Waals surface area contributed by atoms with Crippen LogP contribution in [0.2, 0.25) is 5.02 Å². The molecule has 10 heteroatoms. The zero-order valence-corrected chi connectivity index (χ0v) is 14.9. The number of carbonyl (C=O) groups excluding carboxylic acids is 1. The van der Waals surface area contributed by atoms with E-state index in [1.54, 1.807) is 24.3 Å². The second kappa shape index (κ2) is 7.97. The number of rotatable bonds is 5. The smallest absolute Gasteiger partial charge is 0.350 e. The highest BCUT2D eigenvalue weighted by molar-refractivity contribution is 6.30. The highest BCUT2D eigenvalue weighted by Crippen LogP contribution is 2.32. The number of halogens is 5. The Kier molecular flexibility index (Phi) is 5.64. The van der Waals surface area contributed by atoms with Crippen LogP contribution in [0.25, 0.3) is 5.69 Å². The molecule has 0 fully saturated rings. The Labute approximate surface area is 161 Å². The van der Waals surface area contributed by atoms with Crippen LogP contribution >= 0.6 is 11.6 Å². The van der Waals surface area contributed by atoms with E-state index in [2.05, 4.69) is 15.6 Å². The van der Waals surface area contributed by atoms with Crippen molar-refractivity contribution in [3.8, 4) is 5.69 Å². The molecule has 0 unspecified atom stereocenters. The number of hydrogen-bond donors (Lipinski definition) is 1. The molecule has 0 spiro atoms. The molecule has 3 rings (SSSR count). The van der Waals surface area contributed by atoms with E-state index in [1.807, 2.05) is 0 Å². The lowest BCUT2D eigenvalue weighted by Gasteiger charge is -2.11. The van der Waals surface area contributed by atoms with E-state index in [0.717, 1.165) is 29.8 Å². The van der Waals surface area contributed by atoms with Gasteiger partial charge in [0.2, 0.25) is 0 Å². The fraction of sp³-hybridized carbons (Fsp3) is 0.167. The van der Waals surface area contributed by atoms with Crippen LogP contribution in [-0.2, 0) is 12.6 Å². The fourth-order valence-corrected chi connectivity index (χ4v) is 2.63. The van der Waals surface area contributed by atoms with Gasteiger partial charge in [0.05, 0.1) is 5.69 Å². The van der Waals surface area contributed by atoms with Crippen LogP contribution in [0, 0.1) is 5.82 Å². The Bertz CT molecular complexity index is 969. The number of carbonyl (C=O) groups is 1. The minimum Gasteiger partial charge on any atom is -0.350 e. The van der Waals surface area contributed by atoms with Gasteiger partial charge in [-0.05, 0) is 48.4 Å². The van der Waals surface area contributed by atoms with Crippen LogP contribution in [0.5, 0.6) is 0 Å². The van der Waals surface area contributed by atoms with Gasteiger partial charge in [0.1, 0.15) is 5.82 Å². The first-order chi connectivity index (χ1) is 13.3. The summed E-state index contributed by atoms with van der Waals surface area (Å²) in [5.74, 6) is -1.62. The number of nitrogens with one attached hydrogen (secondary N) is 1. The zero-order valence-electron chi connectivity index (χ0n) is 14.2. The van der Waals surface area contributed by atoms with Crippen molar-refractivity contribution in [2.24, 2.45) is 0 Å². The predicted octanol–water partition coefficient (Wildman–Crippen LogP) is 4.05. The molecule has 3 aromatic rings. The van der Waals surface area contributed by atoms with Gasteiger partial charge < -0.3 is 5.32 Å². The van der Waals surface area contributed by atoms with Crippen molar-refractivity contribution >= 4 is 17.5 Å². The van der Waals surface area contributed by atoms with Gasteiger partial charge in [0.15, 0.2) is 11.4 Å². The monoisotopic (exact) mass is 412 g/mol. The first-order valence-corrected chi connectivity index (χ1v) is 8.45. The van der Waals surface area contributed by atoms with Crippen LogP contribution < -0.4 is 5.32 Å². The summed E-state index contributed by atoms with van der Waals surface area (Å²) >= 11 is 5.78. The predicted molar refractivity (Wildman–Crippen MR) is 93.8 cm³/mol. The Hall–Kier alpha value is -2.94. The third-order valence-corrected chi connectivity index (χ3v) is 4.09. The Balaban J connectivity index is 1.79. The van der Waals surface area contributed by atoms with Gasteiger partial charge in [-0.15, -0.1) is 5.10 Å². The molecule has 0 aliphatic carbocycles. The molecule has 146 valence electrons. The van der Waals surface area contributed by atoms with Gasteiger partial charge in [0.25, 0.3) is 5.91 Å². The van der Waals surface area contributed by atoms with Gasteiger partial charge in [-0.2, -0.15) is 13.2 Å². The summed E-state index contributed by atoms with van der Waals surface area (Å²) in [5, 5.41) is 9.77. The second-order valence-electron chi connectivity index (χ2n) is 5.81. The summed E-state index contributed by atoms with van der Waals surface area (Å²) in [4.78, 5) is 12.2. The summed E-state index contributed by atoms with van der Waals surface area (Å²) < 4.78 is 54.1. The topological polar surface area (TPSA) is 59.8 Å². The summed E-state index contributed by atoms with van der Waals surface area (Å²) in [6, 6.07) is 11.1. The molecule has 28 heavy (non-hydrogen) atoms. The number of hydrogen-bond acceptors (Lipinski definition) is 3. The first kappa shape index (κ1) is 19.8. The Morgan fingerprint density at radius 3 is 2.32 bits per heavy atom. The van der Waals surface area contributed by atoms with Gasteiger partial charge in [-0.3, -0.25) is 4.79 Å². The van der Waals surface area contributed by atoms with Gasteiger partial charge in [-0.25, -0.2) is 9.07 Å². The average molecular weight is 413 g/mol. The molecule has 1 N–H and O–H groups in total. The molecule has 0 aliphatic heterocycles. The van der Waals surface area contributed by atoms with Crippen LogP contribution in [-0.4, -0.2) is 27.4 Å². The van der Waals surface area contributed by atoms with Crippen LogP contribution in [0.4, 0.5) is 17.6 Å². The van der Waals surface area contributed by atoms with Crippen molar-refractivity contribution < 1.29 is 22.4 Å². The van der Waals surface area contributed by atoms with Crippen LogP contribution in [0.15, 0.2) is 48.5 Å². The van der Waals surface area contributed by atoms with Crippen molar-refractivity contribution in [2.45, 2.75) is 12.6 Å². The average Bonchev–Trinajstić information content (AvgIpc) is 3.09. The van der Waals surface area contributed by atoms with E-state index in [4.69, 9.17) is 11.6 Å². The maximum absolute atomic E-state index is 13.5. The minimum absolute atomic E-state index is 0.0681. The largest absolute Gasteiger partial charge is 0.435 e. The van der Waals surface area contributed by atoms with E-state index < -0.39 is 29.3 Å². The molecule has 0 saturated heterocycles.